The average Bonchev–Trinajstić information content (AvgIpc) is 2.52. The topological polar surface area (TPSA) is 67.5 Å². The molecule has 0 radical (unpaired) electrons. The van der Waals surface area contributed by atoms with E-state index in [2.05, 4.69) is 0 Å². The van der Waals surface area contributed by atoms with E-state index in [0.717, 1.165) is 22.1 Å². The van der Waals surface area contributed by atoms with Gasteiger partial charge in [0.1, 0.15) is 5.58 Å². The van der Waals surface area contributed by atoms with Crippen molar-refractivity contribution < 1.29 is 13.9 Å². The largest absolute Gasteiger partial charge is 0.423 e. The van der Waals surface area contributed by atoms with Gasteiger partial charge in [0.25, 0.3) is 0 Å². The first-order chi connectivity index (χ1) is 11.8. The lowest BCUT2D eigenvalue weighted by Gasteiger charge is -2.14. The number of hydrogen-bond donors (Lipinski definition) is 1. The van der Waals surface area contributed by atoms with Gasteiger partial charge < -0.3 is 9.31 Å². The molecule has 0 aliphatic heterocycles. The van der Waals surface area contributed by atoms with E-state index in [4.69, 9.17) is 4.42 Å². The van der Waals surface area contributed by atoms with Crippen LogP contribution in [0.2, 0.25) is 0 Å². The van der Waals surface area contributed by atoms with Crippen LogP contribution in [0.3, 0.4) is 0 Å². The molecule has 0 amide bonds. The van der Waals surface area contributed by atoms with Crippen LogP contribution in [0.4, 0.5) is 0 Å². The molecule has 2 aromatic carbocycles. The summed E-state index contributed by atoms with van der Waals surface area (Å²) in [6.45, 7) is 3.85. The van der Waals surface area contributed by atoms with Gasteiger partial charge in [0.05, 0.1) is 6.16 Å². The van der Waals surface area contributed by atoms with Crippen LogP contribution >= 0.6 is 7.37 Å². The average molecular weight is 356 g/mol. The molecular formula is C20H21O4P. The van der Waals surface area contributed by atoms with E-state index in [1.165, 1.54) is 6.07 Å². The van der Waals surface area contributed by atoms with Crippen LogP contribution in [0.15, 0.2) is 57.7 Å². The number of rotatable bonds is 5. The SMILES string of the molecule is Cc1cc(C)c2c(CP(=O)(O)CCc3ccccc3)cc(=O)oc2c1. The van der Waals surface area contributed by atoms with E-state index >= 15 is 0 Å². The molecule has 0 fully saturated rings. The van der Waals surface area contributed by atoms with Gasteiger partial charge in [-0.3, -0.25) is 4.57 Å². The molecule has 5 heteroatoms. The predicted molar refractivity (Wildman–Crippen MR) is 101 cm³/mol. The molecule has 0 saturated carbocycles. The molecular weight excluding hydrogens is 335 g/mol. The highest BCUT2D eigenvalue weighted by Gasteiger charge is 2.22. The monoisotopic (exact) mass is 356 g/mol. The third kappa shape index (κ3) is 4.28. The summed E-state index contributed by atoms with van der Waals surface area (Å²) < 4.78 is 18.0. The summed E-state index contributed by atoms with van der Waals surface area (Å²) in [7, 11) is -3.42. The van der Waals surface area contributed by atoms with Crippen LogP contribution < -0.4 is 5.63 Å². The Balaban J connectivity index is 1.91. The Hall–Kier alpha value is -2.16. The summed E-state index contributed by atoms with van der Waals surface area (Å²) in [5.74, 6) is 0. The normalized spacial score (nSPS) is 13.7. The number of fused-ring (bicyclic) bond motifs is 1. The molecule has 1 aromatic heterocycles. The van der Waals surface area contributed by atoms with Gasteiger partial charge in [-0.25, -0.2) is 4.79 Å². The number of benzene rings is 2. The van der Waals surface area contributed by atoms with E-state index in [9.17, 15) is 14.3 Å². The summed E-state index contributed by atoms with van der Waals surface area (Å²) in [6.07, 6.45) is 0.696. The van der Waals surface area contributed by atoms with Crippen molar-refractivity contribution in [3.8, 4) is 0 Å². The summed E-state index contributed by atoms with van der Waals surface area (Å²) in [4.78, 5) is 22.3. The van der Waals surface area contributed by atoms with Crippen LogP contribution in [0.5, 0.6) is 0 Å². The second kappa shape index (κ2) is 6.99. The Morgan fingerprint density at radius 3 is 2.52 bits per heavy atom. The van der Waals surface area contributed by atoms with Gasteiger partial charge in [0, 0.05) is 17.6 Å². The molecule has 0 bridgehead atoms. The molecule has 4 nitrogen and oxygen atoms in total. The first-order valence-corrected chi connectivity index (χ1v) is 10.3. The minimum Gasteiger partial charge on any atom is -0.423 e. The van der Waals surface area contributed by atoms with Gasteiger partial charge in [-0.1, -0.05) is 36.4 Å². The third-order valence-electron chi connectivity index (χ3n) is 4.28. The van der Waals surface area contributed by atoms with Crippen LogP contribution in [0.1, 0.15) is 22.3 Å². The lowest BCUT2D eigenvalue weighted by atomic mass is 10.0. The third-order valence-corrected chi connectivity index (χ3v) is 6.03. The summed E-state index contributed by atoms with van der Waals surface area (Å²) >= 11 is 0. The fourth-order valence-corrected chi connectivity index (χ4v) is 4.74. The predicted octanol–water partition coefficient (Wildman–Crippen LogP) is 4.42. The van der Waals surface area contributed by atoms with Crippen molar-refractivity contribution in [2.45, 2.75) is 26.4 Å². The van der Waals surface area contributed by atoms with Crippen molar-refractivity contribution in [2.75, 3.05) is 6.16 Å². The minimum atomic E-state index is -3.42. The highest BCUT2D eigenvalue weighted by Crippen LogP contribution is 2.46. The van der Waals surface area contributed by atoms with Crippen LogP contribution in [-0.4, -0.2) is 11.1 Å². The van der Waals surface area contributed by atoms with E-state index < -0.39 is 13.0 Å². The second-order valence-corrected chi connectivity index (χ2v) is 8.97. The van der Waals surface area contributed by atoms with Crippen molar-refractivity contribution in [1.29, 1.82) is 0 Å². The maximum Gasteiger partial charge on any atom is 0.336 e. The van der Waals surface area contributed by atoms with Crippen molar-refractivity contribution in [1.82, 2.24) is 0 Å². The van der Waals surface area contributed by atoms with Gasteiger partial charge in [0.2, 0.25) is 7.37 Å². The number of hydrogen-bond acceptors (Lipinski definition) is 3. The van der Waals surface area contributed by atoms with Gasteiger partial charge in [0.15, 0.2) is 0 Å². The zero-order valence-electron chi connectivity index (χ0n) is 14.4. The van der Waals surface area contributed by atoms with E-state index in [0.29, 0.717) is 17.6 Å². The fraction of sp³-hybridized carbons (Fsp3) is 0.250. The van der Waals surface area contributed by atoms with E-state index in [1.54, 1.807) is 6.07 Å². The summed E-state index contributed by atoms with van der Waals surface area (Å²) in [5.41, 5.74) is 3.53. The maximum absolute atomic E-state index is 12.7. The highest BCUT2D eigenvalue weighted by molar-refractivity contribution is 7.57. The molecule has 3 aromatic rings. The Bertz CT molecular complexity index is 1010. The molecule has 0 saturated heterocycles. The molecule has 25 heavy (non-hydrogen) atoms. The summed E-state index contributed by atoms with van der Waals surface area (Å²) in [5, 5.41) is 0.763. The smallest absolute Gasteiger partial charge is 0.336 e. The molecule has 1 N–H and O–H groups in total. The number of aryl methyl sites for hydroxylation is 3. The quantitative estimate of drug-likeness (QED) is 0.543. The lowest BCUT2D eigenvalue weighted by Crippen LogP contribution is -2.04. The first kappa shape index (κ1) is 17.7. The van der Waals surface area contributed by atoms with Crippen molar-refractivity contribution in [3.05, 3.63) is 81.2 Å². The van der Waals surface area contributed by atoms with E-state index in [-0.39, 0.29) is 12.3 Å². The zero-order valence-corrected chi connectivity index (χ0v) is 15.3. The van der Waals surface area contributed by atoms with Crippen molar-refractivity contribution in [2.24, 2.45) is 0 Å². The fourth-order valence-electron chi connectivity index (χ4n) is 3.19. The molecule has 1 unspecified atom stereocenters. The van der Waals surface area contributed by atoms with Crippen LogP contribution in [0.25, 0.3) is 11.0 Å². The molecule has 0 aliphatic carbocycles. The van der Waals surface area contributed by atoms with Crippen molar-refractivity contribution >= 4 is 18.3 Å². The van der Waals surface area contributed by atoms with Crippen LogP contribution in [-0.2, 0) is 17.1 Å². The van der Waals surface area contributed by atoms with Gasteiger partial charge in [-0.2, -0.15) is 0 Å². The van der Waals surface area contributed by atoms with Gasteiger partial charge in [-0.15, -0.1) is 0 Å². The molecule has 0 aliphatic rings. The molecule has 1 heterocycles. The van der Waals surface area contributed by atoms with Crippen molar-refractivity contribution in [3.63, 3.8) is 0 Å². The second-order valence-electron chi connectivity index (χ2n) is 6.51. The Morgan fingerprint density at radius 1 is 1.08 bits per heavy atom. The highest BCUT2D eigenvalue weighted by atomic mass is 31.2. The molecule has 3 rings (SSSR count). The molecule has 130 valence electrons. The lowest BCUT2D eigenvalue weighted by molar-refractivity contribution is 0.476. The zero-order chi connectivity index (χ0) is 18.0. The first-order valence-electron chi connectivity index (χ1n) is 8.23. The van der Waals surface area contributed by atoms with Crippen LogP contribution in [0, 0.1) is 13.8 Å². The summed E-state index contributed by atoms with van der Waals surface area (Å²) in [6, 6.07) is 14.8. The standard InChI is InChI=1S/C20H21O4P/c1-14-10-15(2)20-17(12-19(21)24-18(20)11-14)13-25(22,23)9-8-16-6-4-3-5-7-16/h3-7,10-12H,8-9,13H2,1-2H3,(H,22,23). The molecule has 0 spiro atoms. The maximum atomic E-state index is 12.7. The Labute approximate surface area is 146 Å². The Morgan fingerprint density at radius 2 is 1.80 bits per heavy atom. The Kier molecular flexibility index (Phi) is 4.94. The van der Waals surface area contributed by atoms with E-state index in [1.807, 2.05) is 50.2 Å². The minimum absolute atomic E-state index is 0.0220. The van der Waals surface area contributed by atoms with Gasteiger partial charge in [-0.05, 0) is 48.6 Å². The van der Waals surface area contributed by atoms with Gasteiger partial charge >= 0.3 is 5.63 Å². The molecule has 1 atom stereocenters.